The summed E-state index contributed by atoms with van der Waals surface area (Å²) in [5.41, 5.74) is 7.45. The molecule has 0 aliphatic carbocycles. The Hall–Kier alpha value is -1.19. The maximum Gasteiger partial charge on any atom is 0.144 e. The molecule has 0 heterocycles. The molecule has 2 rings (SSSR count). The average molecular weight is 313 g/mol. The summed E-state index contributed by atoms with van der Waals surface area (Å²) >= 11 is 9.29. The van der Waals surface area contributed by atoms with E-state index in [2.05, 4.69) is 15.9 Å². The van der Waals surface area contributed by atoms with Crippen molar-refractivity contribution in [1.29, 1.82) is 0 Å². The van der Waals surface area contributed by atoms with Crippen molar-refractivity contribution in [2.45, 2.75) is 6.61 Å². The Balaban J connectivity index is 2.09. The molecule has 0 atom stereocenters. The van der Waals surface area contributed by atoms with Crippen molar-refractivity contribution >= 4 is 33.2 Å². The molecule has 2 aromatic carbocycles. The summed E-state index contributed by atoms with van der Waals surface area (Å²) in [5, 5.41) is 0.614. The van der Waals surface area contributed by atoms with Crippen LogP contribution in [0.1, 0.15) is 5.56 Å². The molecule has 4 heteroatoms. The Bertz CT molecular complexity index is 531. The predicted molar refractivity (Wildman–Crippen MR) is 74.3 cm³/mol. The number of rotatable bonds is 3. The number of anilines is 1. The third kappa shape index (κ3) is 3.38. The molecule has 0 aliphatic rings. The topological polar surface area (TPSA) is 35.2 Å². The zero-order chi connectivity index (χ0) is 12.3. The Kier molecular flexibility index (Phi) is 3.92. The van der Waals surface area contributed by atoms with Gasteiger partial charge < -0.3 is 10.5 Å². The van der Waals surface area contributed by atoms with Gasteiger partial charge in [-0.15, -0.1) is 0 Å². The maximum atomic E-state index is 5.88. The monoisotopic (exact) mass is 311 g/mol. The van der Waals surface area contributed by atoms with E-state index >= 15 is 0 Å². The fourth-order valence-corrected chi connectivity index (χ4v) is 2.03. The predicted octanol–water partition coefficient (Wildman–Crippen LogP) is 4.26. The first-order chi connectivity index (χ1) is 8.15. The lowest BCUT2D eigenvalue weighted by Gasteiger charge is -2.09. The van der Waals surface area contributed by atoms with E-state index in [1.807, 2.05) is 24.3 Å². The second-order valence-electron chi connectivity index (χ2n) is 3.60. The van der Waals surface area contributed by atoms with Crippen LogP contribution in [0.4, 0.5) is 5.69 Å². The first-order valence-electron chi connectivity index (χ1n) is 5.07. The highest BCUT2D eigenvalue weighted by atomic mass is 79.9. The van der Waals surface area contributed by atoms with Crippen LogP contribution in [-0.2, 0) is 6.61 Å². The molecular formula is C13H11BrClNO. The van der Waals surface area contributed by atoms with E-state index in [1.165, 1.54) is 0 Å². The van der Waals surface area contributed by atoms with Crippen LogP contribution in [-0.4, -0.2) is 0 Å². The van der Waals surface area contributed by atoms with Crippen LogP contribution < -0.4 is 10.5 Å². The van der Waals surface area contributed by atoms with Crippen molar-refractivity contribution < 1.29 is 4.74 Å². The first kappa shape index (κ1) is 12.3. The summed E-state index contributed by atoms with van der Waals surface area (Å²) in [7, 11) is 0. The van der Waals surface area contributed by atoms with Crippen LogP contribution in [0.3, 0.4) is 0 Å². The van der Waals surface area contributed by atoms with Gasteiger partial charge in [-0.05, 0) is 29.8 Å². The largest absolute Gasteiger partial charge is 0.487 e. The summed E-state index contributed by atoms with van der Waals surface area (Å²) < 4.78 is 6.65. The van der Waals surface area contributed by atoms with Crippen LogP contribution in [0.15, 0.2) is 46.9 Å². The molecule has 0 amide bonds. The van der Waals surface area contributed by atoms with Gasteiger partial charge in [0.25, 0.3) is 0 Å². The lowest BCUT2D eigenvalue weighted by atomic mass is 10.2. The maximum absolute atomic E-state index is 5.88. The van der Waals surface area contributed by atoms with E-state index in [4.69, 9.17) is 22.1 Å². The number of nitrogen functional groups attached to an aromatic ring is 1. The van der Waals surface area contributed by atoms with E-state index < -0.39 is 0 Å². The molecule has 17 heavy (non-hydrogen) atoms. The van der Waals surface area contributed by atoms with Crippen molar-refractivity contribution in [3.8, 4) is 5.75 Å². The molecule has 0 saturated carbocycles. The highest BCUT2D eigenvalue weighted by molar-refractivity contribution is 9.10. The van der Waals surface area contributed by atoms with Gasteiger partial charge >= 0.3 is 0 Å². The molecule has 0 spiro atoms. The fourth-order valence-electron chi connectivity index (χ4n) is 1.42. The van der Waals surface area contributed by atoms with Crippen LogP contribution in [0.25, 0.3) is 0 Å². The molecule has 2 aromatic rings. The van der Waals surface area contributed by atoms with Gasteiger partial charge in [-0.1, -0.05) is 39.7 Å². The molecule has 0 unspecified atom stereocenters. The number of hydrogen-bond acceptors (Lipinski definition) is 2. The van der Waals surface area contributed by atoms with E-state index in [0.717, 1.165) is 10.0 Å². The van der Waals surface area contributed by atoms with Gasteiger partial charge in [-0.25, -0.2) is 0 Å². The Morgan fingerprint density at radius 3 is 2.76 bits per heavy atom. The standard InChI is InChI=1S/C13H11BrClNO/c14-10-3-1-2-9(6-10)8-17-13-7-11(15)4-5-12(13)16/h1-7H,8,16H2. The molecular weight excluding hydrogens is 302 g/mol. The van der Waals surface area contributed by atoms with Crippen LogP contribution in [0, 0.1) is 0 Å². The zero-order valence-corrected chi connectivity index (χ0v) is 11.3. The molecule has 2 N–H and O–H groups in total. The highest BCUT2D eigenvalue weighted by Gasteiger charge is 2.02. The number of halogens is 2. The van der Waals surface area contributed by atoms with Crippen molar-refractivity contribution in [3.05, 3.63) is 57.5 Å². The minimum absolute atomic E-state index is 0.462. The molecule has 88 valence electrons. The summed E-state index contributed by atoms with van der Waals surface area (Å²) in [6, 6.07) is 13.1. The molecule has 0 bridgehead atoms. The number of ether oxygens (including phenoxy) is 1. The van der Waals surface area contributed by atoms with Crippen molar-refractivity contribution in [3.63, 3.8) is 0 Å². The average Bonchev–Trinajstić information content (AvgIpc) is 2.30. The SMILES string of the molecule is Nc1ccc(Cl)cc1OCc1cccc(Br)c1. The van der Waals surface area contributed by atoms with Gasteiger partial charge in [0.2, 0.25) is 0 Å². The minimum atomic E-state index is 0.462. The third-order valence-electron chi connectivity index (χ3n) is 2.26. The molecule has 0 aromatic heterocycles. The normalized spacial score (nSPS) is 10.2. The van der Waals surface area contributed by atoms with Gasteiger partial charge in [0.1, 0.15) is 12.4 Å². The van der Waals surface area contributed by atoms with Crippen LogP contribution >= 0.6 is 27.5 Å². The van der Waals surface area contributed by atoms with E-state index in [0.29, 0.717) is 23.1 Å². The van der Waals surface area contributed by atoms with Crippen LogP contribution in [0.5, 0.6) is 5.75 Å². The van der Waals surface area contributed by atoms with Crippen molar-refractivity contribution in [2.24, 2.45) is 0 Å². The fraction of sp³-hybridized carbons (Fsp3) is 0.0769. The lowest BCUT2D eigenvalue weighted by Crippen LogP contribution is -1.98. The Labute approximate surface area is 113 Å². The second kappa shape index (κ2) is 5.43. The van der Waals surface area contributed by atoms with Gasteiger partial charge in [0.05, 0.1) is 5.69 Å². The molecule has 0 saturated heterocycles. The van der Waals surface area contributed by atoms with Crippen molar-refractivity contribution in [2.75, 3.05) is 5.73 Å². The van der Waals surface area contributed by atoms with E-state index in [-0.39, 0.29) is 0 Å². The van der Waals surface area contributed by atoms with Crippen molar-refractivity contribution in [1.82, 2.24) is 0 Å². The van der Waals surface area contributed by atoms with E-state index in [1.54, 1.807) is 18.2 Å². The molecule has 0 fully saturated rings. The summed E-state index contributed by atoms with van der Waals surface area (Å²) in [5.74, 6) is 0.609. The highest BCUT2D eigenvalue weighted by Crippen LogP contribution is 2.26. The minimum Gasteiger partial charge on any atom is -0.487 e. The zero-order valence-electron chi connectivity index (χ0n) is 8.99. The summed E-state index contributed by atoms with van der Waals surface area (Å²) in [6.07, 6.45) is 0. The molecule has 2 nitrogen and oxygen atoms in total. The number of nitrogens with two attached hydrogens (primary N) is 1. The smallest absolute Gasteiger partial charge is 0.144 e. The van der Waals surface area contributed by atoms with Crippen LogP contribution in [0.2, 0.25) is 5.02 Å². The number of hydrogen-bond donors (Lipinski definition) is 1. The summed E-state index contributed by atoms with van der Waals surface area (Å²) in [4.78, 5) is 0. The lowest BCUT2D eigenvalue weighted by molar-refractivity contribution is 0.308. The van der Waals surface area contributed by atoms with Gasteiger partial charge in [-0.3, -0.25) is 0 Å². The van der Waals surface area contributed by atoms with Gasteiger partial charge in [0.15, 0.2) is 0 Å². The third-order valence-corrected chi connectivity index (χ3v) is 2.99. The quantitative estimate of drug-likeness (QED) is 0.859. The van der Waals surface area contributed by atoms with Gasteiger partial charge in [0, 0.05) is 15.6 Å². The first-order valence-corrected chi connectivity index (χ1v) is 6.24. The Morgan fingerprint density at radius 2 is 2.00 bits per heavy atom. The Morgan fingerprint density at radius 1 is 1.18 bits per heavy atom. The van der Waals surface area contributed by atoms with Gasteiger partial charge in [-0.2, -0.15) is 0 Å². The number of benzene rings is 2. The second-order valence-corrected chi connectivity index (χ2v) is 4.95. The molecule has 0 radical (unpaired) electrons. The van der Waals surface area contributed by atoms with E-state index in [9.17, 15) is 0 Å². The summed E-state index contributed by atoms with van der Waals surface area (Å²) in [6.45, 7) is 0.462. The molecule has 0 aliphatic heterocycles.